The van der Waals surface area contributed by atoms with E-state index < -0.39 is 20.2 Å². The molecule has 1 saturated heterocycles. The summed E-state index contributed by atoms with van der Waals surface area (Å²) < 4.78 is 4.49. The molecule has 0 nitrogen and oxygen atoms in total. The van der Waals surface area contributed by atoms with Gasteiger partial charge < -0.3 is 0 Å². The first-order chi connectivity index (χ1) is 3.80. The Morgan fingerprint density at radius 3 is 1.88 bits per heavy atom. The third kappa shape index (κ3) is 1.65. The Bertz CT molecular complexity index is 62.8. The standard InChI is InChI=1S/C4H8.C3H7.Sb/c1-3-4-2;1-3-2;/h1-4H2;3H,1-2H3;. The zero-order valence-electron chi connectivity index (χ0n) is 5.85. The molecule has 1 fully saturated rings. The summed E-state index contributed by atoms with van der Waals surface area (Å²) in [5, 5.41) is 0. The minimum atomic E-state index is -0.544. The van der Waals surface area contributed by atoms with Gasteiger partial charge in [-0.1, -0.05) is 0 Å². The molecule has 0 aromatic rings. The molecule has 0 N–H and O–H groups in total. The van der Waals surface area contributed by atoms with Gasteiger partial charge in [0.15, 0.2) is 0 Å². The molecule has 48 valence electrons. The quantitative estimate of drug-likeness (QED) is 0.597. The molecule has 1 aliphatic heterocycles. The molecular weight excluding hydrogens is 206 g/mol. The van der Waals surface area contributed by atoms with Gasteiger partial charge in [-0.15, -0.1) is 0 Å². The van der Waals surface area contributed by atoms with Gasteiger partial charge in [-0.25, -0.2) is 0 Å². The Balaban J connectivity index is 2.24. The Morgan fingerprint density at radius 2 is 1.62 bits per heavy atom. The molecular formula is C7H15Sb. The summed E-state index contributed by atoms with van der Waals surface area (Å²) in [7, 11) is 0. The molecule has 0 spiro atoms. The van der Waals surface area contributed by atoms with Gasteiger partial charge in [0.2, 0.25) is 0 Å². The van der Waals surface area contributed by atoms with Crippen LogP contribution in [0.4, 0.5) is 0 Å². The van der Waals surface area contributed by atoms with Crippen LogP contribution >= 0.6 is 0 Å². The van der Waals surface area contributed by atoms with Crippen LogP contribution in [0.3, 0.4) is 0 Å². The molecule has 1 rings (SSSR count). The van der Waals surface area contributed by atoms with Crippen LogP contribution in [0, 0.1) is 0 Å². The molecule has 8 heavy (non-hydrogen) atoms. The van der Waals surface area contributed by atoms with Crippen LogP contribution in [-0.4, -0.2) is 20.2 Å². The van der Waals surface area contributed by atoms with E-state index in [1.165, 1.54) is 0 Å². The third-order valence-corrected chi connectivity index (χ3v) is 11.1. The average Bonchev–Trinajstić information content (AvgIpc) is 2.12. The predicted octanol–water partition coefficient (Wildman–Crippen LogP) is 2.69. The molecule has 0 aromatic carbocycles. The van der Waals surface area contributed by atoms with Gasteiger partial charge in [-0.05, 0) is 0 Å². The zero-order chi connectivity index (χ0) is 5.98. The molecule has 1 heterocycles. The third-order valence-electron chi connectivity index (χ3n) is 1.87. The summed E-state index contributed by atoms with van der Waals surface area (Å²) in [4.78, 5) is 0. The van der Waals surface area contributed by atoms with Crippen molar-refractivity contribution in [1.82, 2.24) is 0 Å². The van der Waals surface area contributed by atoms with Gasteiger partial charge >= 0.3 is 59.5 Å². The first-order valence-corrected chi connectivity index (χ1v) is 8.63. The molecule has 1 heteroatoms. The summed E-state index contributed by atoms with van der Waals surface area (Å²) in [5.41, 5.74) is 0. The molecule has 0 atom stereocenters. The van der Waals surface area contributed by atoms with Crippen LogP contribution < -0.4 is 0 Å². The van der Waals surface area contributed by atoms with Crippen molar-refractivity contribution in [1.29, 1.82) is 0 Å². The Hall–Kier alpha value is 0.818. The van der Waals surface area contributed by atoms with E-state index in [1.54, 1.807) is 21.6 Å². The summed E-state index contributed by atoms with van der Waals surface area (Å²) in [6.07, 6.45) is 3.14. The Morgan fingerprint density at radius 1 is 1.12 bits per heavy atom. The van der Waals surface area contributed by atoms with E-state index in [1.807, 2.05) is 0 Å². The van der Waals surface area contributed by atoms with E-state index in [0.29, 0.717) is 0 Å². The minimum absolute atomic E-state index is 0.544. The molecule has 0 aromatic heterocycles. The SMILES string of the molecule is C[CH](C)[Sb]1[CH2]CC[CH2]1. The van der Waals surface area contributed by atoms with Crippen molar-refractivity contribution in [2.75, 3.05) is 0 Å². The van der Waals surface area contributed by atoms with Gasteiger partial charge in [0.05, 0.1) is 0 Å². The maximum atomic E-state index is 2.42. The van der Waals surface area contributed by atoms with Crippen molar-refractivity contribution < 1.29 is 0 Å². The summed E-state index contributed by atoms with van der Waals surface area (Å²) in [6, 6.07) is 0. The fourth-order valence-electron chi connectivity index (χ4n) is 1.26. The predicted molar refractivity (Wildman–Crippen MR) is 39.7 cm³/mol. The van der Waals surface area contributed by atoms with Gasteiger partial charge in [-0.3, -0.25) is 0 Å². The van der Waals surface area contributed by atoms with Gasteiger partial charge in [0.1, 0.15) is 0 Å². The van der Waals surface area contributed by atoms with E-state index >= 15 is 0 Å². The topological polar surface area (TPSA) is 0 Å². The van der Waals surface area contributed by atoms with Crippen LogP contribution in [0.25, 0.3) is 0 Å². The van der Waals surface area contributed by atoms with Gasteiger partial charge in [-0.2, -0.15) is 0 Å². The van der Waals surface area contributed by atoms with E-state index in [2.05, 4.69) is 13.8 Å². The zero-order valence-corrected chi connectivity index (χ0v) is 8.41. The van der Waals surface area contributed by atoms with Gasteiger partial charge in [0.25, 0.3) is 0 Å². The second-order valence-corrected chi connectivity index (χ2v) is 11.7. The van der Waals surface area contributed by atoms with E-state index in [0.717, 1.165) is 3.86 Å². The van der Waals surface area contributed by atoms with Crippen molar-refractivity contribution in [2.24, 2.45) is 0 Å². The van der Waals surface area contributed by atoms with E-state index in [4.69, 9.17) is 0 Å². The van der Waals surface area contributed by atoms with Crippen LogP contribution in [0.1, 0.15) is 26.7 Å². The number of hydrogen-bond acceptors (Lipinski definition) is 0. The fourth-order valence-corrected chi connectivity index (χ4v) is 8.44. The summed E-state index contributed by atoms with van der Waals surface area (Å²) in [5.74, 6) is 0. The molecule has 0 saturated carbocycles. The molecule has 0 radical (unpaired) electrons. The first kappa shape index (κ1) is 6.93. The van der Waals surface area contributed by atoms with Crippen LogP contribution in [-0.2, 0) is 0 Å². The summed E-state index contributed by atoms with van der Waals surface area (Å²) in [6.45, 7) is 4.85. The van der Waals surface area contributed by atoms with Crippen LogP contribution in [0.2, 0.25) is 12.6 Å². The first-order valence-electron chi connectivity index (χ1n) is 3.55. The Kier molecular flexibility index (Phi) is 2.69. The van der Waals surface area contributed by atoms with Crippen molar-refractivity contribution in [3.05, 3.63) is 0 Å². The van der Waals surface area contributed by atoms with E-state index in [9.17, 15) is 0 Å². The molecule has 0 aliphatic carbocycles. The van der Waals surface area contributed by atoms with Crippen molar-refractivity contribution >= 4 is 20.2 Å². The Labute approximate surface area is 59.6 Å². The monoisotopic (exact) mass is 220 g/mol. The number of rotatable bonds is 1. The van der Waals surface area contributed by atoms with Crippen molar-refractivity contribution in [3.63, 3.8) is 0 Å². The number of hydrogen-bond donors (Lipinski definition) is 0. The van der Waals surface area contributed by atoms with E-state index in [-0.39, 0.29) is 0 Å². The summed E-state index contributed by atoms with van der Waals surface area (Å²) >= 11 is -0.544. The van der Waals surface area contributed by atoms with Crippen LogP contribution in [0.15, 0.2) is 0 Å². The van der Waals surface area contributed by atoms with Crippen molar-refractivity contribution in [2.45, 2.75) is 39.3 Å². The van der Waals surface area contributed by atoms with Gasteiger partial charge in [0, 0.05) is 0 Å². The molecule has 0 amide bonds. The fraction of sp³-hybridized carbons (Fsp3) is 1.00. The second kappa shape index (κ2) is 3.11. The normalized spacial score (nSPS) is 22.9. The molecule has 0 unspecified atom stereocenters. The van der Waals surface area contributed by atoms with Crippen LogP contribution in [0.5, 0.6) is 0 Å². The molecule has 1 aliphatic rings. The van der Waals surface area contributed by atoms with Crippen molar-refractivity contribution in [3.8, 4) is 0 Å². The molecule has 0 bridgehead atoms. The maximum absolute atomic E-state index is 2.42. The average molecular weight is 221 g/mol. The second-order valence-electron chi connectivity index (χ2n) is 2.84.